The van der Waals surface area contributed by atoms with Crippen molar-refractivity contribution >= 4 is 60.3 Å². The number of nitrogens with zero attached hydrogens (tertiary/aromatic N) is 2. The van der Waals surface area contributed by atoms with E-state index < -0.39 is 36.3 Å². The van der Waals surface area contributed by atoms with Crippen LogP contribution >= 0.6 is 24.8 Å². The van der Waals surface area contributed by atoms with Crippen LogP contribution in [-0.2, 0) is 41.6 Å². The van der Waals surface area contributed by atoms with Gasteiger partial charge in [-0.25, -0.2) is 0 Å². The molecular formula is C54H68Cl2N8O6. The number of likely N-dealkylation sites (N-methyl/N-ethyl adjacent to an activating group) is 2. The molecule has 2 saturated heterocycles. The highest BCUT2D eigenvalue weighted by Crippen LogP contribution is 2.34. The van der Waals surface area contributed by atoms with Gasteiger partial charge in [-0.3, -0.25) is 28.8 Å². The lowest BCUT2D eigenvalue weighted by Crippen LogP contribution is -2.52. The lowest BCUT2D eigenvalue weighted by molar-refractivity contribution is -0.142. The number of carbonyl (C=O) groups is 6. The van der Waals surface area contributed by atoms with Crippen LogP contribution in [-0.4, -0.2) is 96.6 Å². The Labute approximate surface area is 424 Å². The molecule has 0 bridgehead atoms. The monoisotopic (exact) mass is 994 g/mol. The summed E-state index contributed by atoms with van der Waals surface area (Å²) in [5.41, 5.74) is 7.52. The third-order valence-corrected chi connectivity index (χ3v) is 14.6. The minimum atomic E-state index is -1.04. The second-order valence-electron chi connectivity index (χ2n) is 18.8. The van der Waals surface area contributed by atoms with Crippen LogP contribution in [0, 0.1) is 0 Å². The van der Waals surface area contributed by atoms with E-state index in [9.17, 15) is 28.8 Å². The number of fused-ring (bicyclic) bond motifs is 2. The molecule has 2 heterocycles. The van der Waals surface area contributed by atoms with Crippen LogP contribution in [0.5, 0.6) is 0 Å². The van der Waals surface area contributed by atoms with Gasteiger partial charge in [0.1, 0.15) is 24.2 Å². The van der Waals surface area contributed by atoms with Gasteiger partial charge in [-0.1, -0.05) is 97.1 Å². The Kier molecular flexibility index (Phi) is 18.6. The van der Waals surface area contributed by atoms with E-state index in [-0.39, 0.29) is 72.3 Å². The van der Waals surface area contributed by atoms with Crippen molar-refractivity contribution in [2.24, 2.45) is 0 Å². The van der Waals surface area contributed by atoms with E-state index in [0.717, 1.165) is 60.8 Å². The third-order valence-electron chi connectivity index (χ3n) is 14.6. The smallest absolute Gasteiger partial charge is 0.250 e. The van der Waals surface area contributed by atoms with Crippen molar-refractivity contribution in [2.75, 3.05) is 27.2 Å². The first kappa shape index (κ1) is 53.5. The maximum Gasteiger partial charge on any atom is 0.250 e. The van der Waals surface area contributed by atoms with Crippen LogP contribution < -0.4 is 31.9 Å². The van der Waals surface area contributed by atoms with Gasteiger partial charge >= 0.3 is 0 Å². The number of halogens is 2. The van der Waals surface area contributed by atoms with Crippen molar-refractivity contribution in [1.82, 2.24) is 41.7 Å². The molecule has 14 nitrogen and oxygen atoms in total. The van der Waals surface area contributed by atoms with Crippen molar-refractivity contribution in [3.63, 3.8) is 0 Å². The number of hydrogen-bond donors (Lipinski definition) is 6. The molecule has 0 aromatic heterocycles. The number of nitrogens with one attached hydrogen (secondary N) is 6. The minimum Gasteiger partial charge on any atom is -0.347 e. The molecule has 0 saturated carbocycles. The second-order valence-corrected chi connectivity index (χ2v) is 18.8. The highest BCUT2D eigenvalue weighted by atomic mass is 35.5. The maximum atomic E-state index is 14.6. The number of benzene rings is 4. The zero-order valence-electron chi connectivity index (χ0n) is 40.5. The van der Waals surface area contributed by atoms with Crippen LogP contribution in [0.1, 0.15) is 123 Å². The fraction of sp³-hybridized carbons (Fsp3) is 0.444. The fourth-order valence-electron chi connectivity index (χ4n) is 10.4. The Morgan fingerprint density at radius 2 is 0.871 bits per heavy atom. The van der Waals surface area contributed by atoms with E-state index >= 15 is 0 Å². The Morgan fingerprint density at radius 1 is 0.500 bits per heavy atom. The van der Waals surface area contributed by atoms with Gasteiger partial charge in [0, 0.05) is 13.1 Å². The van der Waals surface area contributed by atoms with Crippen molar-refractivity contribution in [3.8, 4) is 11.1 Å². The Bertz CT molecular complexity index is 2320. The van der Waals surface area contributed by atoms with Crippen LogP contribution in [0.2, 0.25) is 0 Å². The Balaban J connectivity index is 0.00000402. The van der Waals surface area contributed by atoms with Crippen molar-refractivity contribution < 1.29 is 28.8 Å². The van der Waals surface area contributed by atoms with E-state index in [1.54, 1.807) is 37.7 Å². The summed E-state index contributed by atoms with van der Waals surface area (Å²) >= 11 is 0. The molecule has 8 atom stereocenters. The molecule has 374 valence electrons. The molecule has 4 aromatic carbocycles. The van der Waals surface area contributed by atoms with Crippen LogP contribution in [0.15, 0.2) is 97.1 Å². The van der Waals surface area contributed by atoms with Crippen LogP contribution in [0.3, 0.4) is 0 Å². The summed E-state index contributed by atoms with van der Waals surface area (Å²) in [5, 5.41) is 18.3. The van der Waals surface area contributed by atoms with Gasteiger partial charge in [-0.2, -0.15) is 0 Å². The molecule has 2 fully saturated rings. The lowest BCUT2D eigenvalue weighted by Gasteiger charge is -2.32. The number of amides is 6. The van der Waals surface area contributed by atoms with Gasteiger partial charge < -0.3 is 41.7 Å². The van der Waals surface area contributed by atoms with E-state index in [4.69, 9.17) is 0 Å². The summed E-state index contributed by atoms with van der Waals surface area (Å²) in [7, 11) is 3.36. The van der Waals surface area contributed by atoms with E-state index in [1.807, 2.05) is 72.8 Å². The summed E-state index contributed by atoms with van der Waals surface area (Å²) in [4.78, 5) is 86.9. The number of hydrogen-bond acceptors (Lipinski definition) is 8. The highest BCUT2D eigenvalue weighted by Gasteiger charge is 2.41. The van der Waals surface area contributed by atoms with E-state index in [2.05, 4.69) is 56.2 Å². The molecule has 4 unspecified atom stereocenters. The largest absolute Gasteiger partial charge is 0.347 e. The zero-order valence-corrected chi connectivity index (χ0v) is 42.1. The zero-order chi connectivity index (χ0) is 47.9. The van der Waals surface area contributed by atoms with Crippen molar-refractivity contribution in [3.05, 3.63) is 130 Å². The number of aryl methyl sites for hydroxylation is 2. The number of carbonyl (C=O) groups excluding carboxylic acids is 6. The van der Waals surface area contributed by atoms with E-state index in [1.165, 1.54) is 11.1 Å². The molecule has 0 spiro atoms. The SMILES string of the molecule is CN[C@@H](C)C(=O)NC(C(=O)N1CCC[C@H]1C(=O)NC1CCCc2ccccc21)c1ccc(-c2ccc(C(NC(=O)[C@H](C)NC)C(=O)N3CCC[C@H]3C(=O)NC3CCCc4ccccc43)cc2)cc1.Cl.Cl. The van der Waals surface area contributed by atoms with E-state index in [0.29, 0.717) is 49.9 Å². The summed E-state index contributed by atoms with van der Waals surface area (Å²) < 4.78 is 0. The van der Waals surface area contributed by atoms with Gasteiger partial charge in [0.25, 0.3) is 0 Å². The van der Waals surface area contributed by atoms with Crippen LogP contribution in [0.4, 0.5) is 0 Å². The quantitative estimate of drug-likeness (QED) is 0.0828. The minimum absolute atomic E-state index is 0. The predicted octanol–water partition coefficient (Wildman–Crippen LogP) is 6.10. The van der Waals surface area contributed by atoms with Crippen LogP contribution in [0.25, 0.3) is 11.1 Å². The third kappa shape index (κ3) is 11.9. The van der Waals surface area contributed by atoms with Crippen molar-refractivity contribution in [1.29, 1.82) is 0 Å². The first-order chi connectivity index (χ1) is 32.9. The Hall–Kier alpha value is -5.80. The fourth-order valence-corrected chi connectivity index (χ4v) is 10.4. The van der Waals surface area contributed by atoms with Gasteiger partial charge in [0.2, 0.25) is 35.4 Å². The van der Waals surface area contributed by atoms with Gasteiger partial charge in [0.15, 0.2) is 0 Å². The molecule has 0 radical (unpaired) electrons. The molecule has 8 rings (SSSR count). The summed E-state index contributed by atoms with van der Waals surface area (Å²) in [6.45, 7) is 4.24. The maximum absolute atomic E-state index is 14.6. The van der Waals surface area contributed by atoms with Gasteiger partial charge in [-0.05, 0) is 137 Å². The lowest BCUT2D eigenvalue weighted by atomic mass is 9.87. The summed E-state index contributed by atoms with van der Waals surface area (Å²) in [6, 6.07) is 26.4. The average molecular weight is 996 g/mol. The second kappa shape index (κ2) is 24.4. The molecule has 6 amide bonds. The molecule has 2 aliphatic heterocycles. The molecule has 2 aliphatic carbocycles. The molecule has 16 heteroatoms. The molecule has 4 aliphatic rings. The average Bonchev–Trinajstić information content (AvgIpc) is 4.08. The van der Waals surface area contributed by atoms with Gasteiger partial charge in [0.05, 0.1) is 24.2 Å². The van der Waals surface area contributed by atoms with Gasteiger partial charge in [-0.15, -0.1) is 24.8 Å². The first-order valence-corrected chi connectivity index (χ1v) is 24.5. The topological polar surface area (TPSA) is 181 Å². The normalized spacial score (nSPS) is 21.0. The standard InChI is InChI=1S/C54H66N8O6.2ClH/c1-33(55-3)49(63)59-47(53(67)61-31-11-21-45(61)51(65)57-43-19-9-15-37-13-5-7-17-41(37)43)39-27-23-35(24-28-39)36-25-29-40(30-26-36)48(60-50(64)34(2)56-4)54(68)62-32-12-22-46(62)52(66)58-44-20-10-16-38-14-6-8-18-42(38)44;;/h5-8,13-14,17-18,23-30,33-34,43-48,55-56H,9-12,15-16,19-22,31-32H2,1-4H3,(H,57,65)(H,58,66)(H,59,63)(H,60,64);2*1H/t33-,34-,43?,44?,45-,46-,47?,48?;;/m0../s1. The molecular weight excluding hydrogens is 928 g/mol. The van der Waals surface area contributed by atoms with Crippen molar-refractivity contribution in [2.45, 2.75) is 126 Å². The number of rotatable bonds is 15. The highest BCUT2D eigenvalue weighted by molar-refractivity contribution is 5.95. The molecule has 6 N–H and O–H groups in total. The predicted molar refractivity (Wildman–Crippen MR) is 275 cm³/mol. The molecule has 4 aromatic rings. The molecule has 70 heavy (non-hydrogen) atoms. The summed E-state index contributed by atoms with van der Waals surface area (Å²) in [6.07, 6.45) is 7.96. The first-order valence-electron chi connectivity index (χ1n) is 24.5. The Morgan fingerprint density at radius 3 is 1.24 bits per heavy atom. The number of likely N-dealkylation sites (tertiary alicyclic amines) is 2. The summed E-state index contributed by atoms with van der Waals surface area (Å²) in [5.74, 6) is -1.75.